The van der Waals surface area contributed by atoms with Crippen molar-refractivity contribution in [2.45, 2.75) is 6.54 Å². The predicted octanol–water partition coefficient (Wildman–Crippen LogP) is 4.28. The summed E-state index contributed by atoms with van der Waals surface area (Å²) < 4.78 is 1.13. The molecule has 20 heavy (non-hydrogen) atoms. The lowest BCUT2D eigenvalue weighted by Crippen LogP contribution is -2.16. The van der Waals surface area contributed by atoms with Crippen molar-refractivity contribution in [2.75, 3.05) is 17.7 Å². The van der Waals surface area contributed by atoms with Crippen molar-refractivity contribution >= 4 is 49.5 Å². The number of rotatable bonds is 3. The van der Waals surface area contributed by atoms with Gasteiger partial charge in [-0.1, -0.05) is 0 Å². The minimum Gasteiger partial charge on any atom is -0.397 e. The Hall–Kier alpha value is -1.59. The zero-order valence-corrected chi connectivity index (χ0v) is 13.4. The van der Waals surface area contributed by atoms with Gasteiger partial charge < -0.3 is 10.6 Å². The SMILES string of the molecule is CN(Cc1cc(Br)cs1)c1ccc(N)c2ncccc12. The Balaban J connectivity index is 1.99. The number of nitrogens with zero attached hydrogens (tertiary/aromatic N) is 2. The molecule has 0 fully saturated rings. The zero-order chi connectivity index (χ0) is 14.1. The van der Waals surface area contributed by atoms with Gasteiger partial charge in [0.1, 0.15) is 0 Å². The van der Waals surface area contributed by atoms with E-state index in [1.54, 1.807) is 17.5 Å². The number of hydrogen-bond acceptors (Lipinski definition) is 4. The Kier molecular flexibility index (Phi) is 3.63. The van der Waals surface area contributed by atoms with Crippen LogP contribution in [-0.2, 0) is 6.54 Å². The molecule has 102 valence electrons. The first kappa shape index (κ1) is 13.4. The van der Waals surface area contributed by atoms with E-state index in [0.717, 1.165) is 33.3 Å². The van der Waals surface area contributed by atoms with Crippen LogP contribution in [0.25, 0.3) is 10.9 Å². The van der Waals surface area contributed by atoms with Crippen LogP contribution in [0.15, 0.2) is 46.4 Å². The molecule has 0 unspecified atom stereocenters. The van der Waals surface area contributed by atoms with E-state index in [1.807, 2.05) is 12.1 Å². The van der Waals surface area contributed by atoms with E-state index in [-0.39, 0.29) is 0 Å². The molecule has 2 N–H and O–H groups in total. The Bertz CT molecular complexity index is 754. The number of halogens is 1. The van der Waals surface area contributed by atoms with E-state index in [1.165, 1.54) is 4.88 Å². The largest absolute Gasteiger partial charge is 0.397 e. The van der Waals surface area contributed by atoms with Crippen molar-refractivity contribution < 1.29 is 0 Å². The smallest absolute Gasteiger partial charge is 0.0951 e. The molecule has 0 aliphatic heterocycles. The van der Waals surface area contributed by atoms with Gasteiger partial charge >= 0.3 is 0 Å². The number of hydrogen-bond donors (Lipinski definition) is 1. The average molecular weight is 348 g/mol. The van der Waals surface area contributed by atoms with Crippen LogP contribution in [0.5, 0.6) is 0 Å². The minimum atomic E-state index is 0.719. The Morgan fingerprint density at radius 3 is 2.95 bits per heavy atom. The lowest BCUT2D eigenvalue weighted by molar-refractivity contribution is 0.945. The van der Waals surface area contributed by atoms with Gasteiger partial charge in [0.15, 0.2) is 0 Å². The molecular formula is C15H14BrN3S. The molecule has 3 aromatic rings. The highest BCUT2D eigenvalue weighted by atomic mass is 79.9. The van der Waals surface area contributed by atoms with E-state index in [2.05, 4.69) is 56.4 Å². The van der Waals surface area contributed by atoms with Crippen molar-refractivity contribution in [3.05, 3.63) is 51.3 Å². The molecule has 0 atom stereocenters. The summed E-state index contributed by atoms with van der Waals surface area (Å²) in [5.74, 6) is 0. The summed E-state index contributed by atoms with van der Waals surface area (Å²) >= 11 is 5.25. The van der Waals surface area contributed by atoms with E-state index in [9.17, 15) is 0 Å². The highest BCUT2D eigenvalue weighted by Crippen LogP contribution is 2.30. The van der Waals surface area contributed by atoms with Crippen molar-refractivity contribution in [3.63, 3.8) is 0 Å². The molecule has 3 nitrogen and oxygen atoms in total. The molecule has 0 radical (unpaired) electrons. The predicted molar refractivity (Wildman–Crippen MR) is 90.3 cm³/mol. The first-order chi connectivity index (χ1) is 9.65. The zero-order valence-electron chi connectivity index (χ0n) is 11.0. The fraction of sp³-hybridized carbons (Fsp3) is 0.133. The summed E-state index contributed by atoms with van der Waals surface area (Å²) in [7, 11) is 2.09. The first-order valence-corrected chi connectivity index (χ1v) is 7.89. The van der Waals surface area contributed by atoms with Crippen LogP contribution in [0, 0.1) is 0 Å². The van der Waals surface area contributed by atoms with E-state index in [0.29, 0.717) is 0 Å². The Labute approximate surface area is 130 Å². The maximum absolute atomic E-state index is 6.00. The third kappa shape index (κ3) is 2.51. The maximum atomic E-state index is 6.00. The Morgan fingerprint density at radius 2 is 2.20 bits per heavy atom. The van der Waals surface area contributed by atoms with Crippen LogP contribution in [0.1, 0.15) is 4.88 Å². The van der Waals surface area contributed by atoms with Crippen molar-refractivity contribution in [1.29, 1.82) is 0 Å². The van der Waals surface area contributed by atoms with Gasteiger partial charge in [0, 0.05) is 39.0 Å². The van der Waals surface area contributed by atoms with Crippen LogP contribution >= 0.6 is 27.3 Å². The van der Waals surface area contributed by atoms with E-state index < -0.39 is 0 Å². The van der Waals surface area contributed by atoms with Gasteiger partial charge in [-0.3, -0.25) is 4.98 Å². The first-order valence-electron chi connectivity index (χ1n) is 6.22. The third-order valence-electron chi connectivity index (χ3n) is 3.20. The standard InChI is InChI=1S/C15H14BrN3S/c1-19(8-11-7-10(16)9-20-11)14-5-4-13(17)15-12(14)3-2-6-18-15/h2-7,9H,8,17H2,1H3. The molecule has 0 aliphatic rings. The van der Waals surface area contributed by atoms with E-state index >= 15 is 0 Å². The summed E-state index contributed by atoms with van der Waals surface area (Å²) in [6.07, 6.45) is 1.78. The molecule has 3 rings (SSSR count). The van der Waals surface area contributed by atoms with Gasteiger partial charge in [0.05, 0.1) is 17.7 Å². The summed E-state index contributed by atoms with van der Waals surface area (Å²) in [5, 5.41) is 3.19. The van der Waals surface area contributed by atoms with Gasteiger partial charge in [0.25, 0.3) is 0 Å². The molecular weight excluding hydrogens is 334 g/mol. The van der Waals surface area contributed by atoms with Gasteiger partial charge in [-0.25, -0.2) is 0 Å². The van der Waals surface area contributed by atoms with Crippen molar-refractivity contribution in [3.8, 4) is 0 Å². The number of benzene rings is 1. The van der Waals surface area contributed by atoms with Crippen LogP contribution in [0.2, 0.25) is 0 Å². The van der Waals surface area contributed by atoms with Crippen LogP contribution in [0.3, 0.4) is 0 Å². The molecule has 5 heteroatoms. The fourth-order valence-corrected chi connectivity index (χ4v) is 3.77. The van der Waals surface area contributed by atoms with E-state index in [4.69, 9.17) is 5.73 Å². The number of thiophene rings is 1. The number of fused-ring (bicyclic) bond motifs is 1. The normalized spacial score (nSPS) is 10.9. The summed E-state index contributed by atoms with van der Waals surface area (Å²) in [5.41, 5.74) is 8.73. The van der Waals surface area contributed by atoms with Gasteiger partial charge in [-0.2, -0.15) is 0 Å². The lowest BCUT2D eigenvalue weighted by Gasteiger charge is -2.20. The van der Waals surface area contributed by atoms with Gasteiger partial charge in [0.2, 0.25) is 0 Å². The highest BCUT2D eigenvalue weighted by molar-refractivity contribution is 9.10. The van der Waals surface area contributed by atoms with Crippen molar-refractivity contribution in [2.24, 2.45) is 0 Å². The fourth-order valence-electron chi connectivity index (χ4n) is 2.27. The van der Waals surface area contributed by atoms with Gasteiger partial charge in [-0.15, -0.1) is 11.3 Å². The van der Waals surface area contributed by atoms with Crippen LogP contribution < -0.4 is 10.6 Å². The molecule has 0 amide bonds. The number of anilines is 2. The number of nitrogens with two attached hydrogens (primary N) is 1. The Morgan fingerprint density at radius 1 is 1.35 bits per heavy atom. The summed E-state index contributed by atoms with van der Waals surface area (Å²) in [6, 6.07) is 10.1. The number of pyridine rings is 1. The topological polar surface area (TPSA) is 42.1 Å². The van der Waals surface area contributed by atoms with Crippen molar-refractivity contribution in [1.82, 2.24) is 4.98 Å². The molecule has 0 saturated carbocycles. The second-order valence-corrected chi connectivity index (χ2v) is 6.57. The van der Waals surface area contributed by atoms with Crippen LogP contribution in [-0.4, -0.2) is 12.0 Å². The lowest BCUT2D eigenvalue weighted by atomic mass is 10.1. The molecule has 0 saturated heterocycles. The summed E-state index contributed by atoms with van der Waals surface area (Å²) in [6.45, 7) is 0.865. The molecule has 1 aromatic carbocycles. The van der Waals surface area contributed by atoms with Gasteiger partial charge in [-0.05, 0) is 46.3 Å². The average Bonchev–Trinajstić information content (AvgIpc) is 2.84. The monoisotopic (exact) mass is 347 g/mol. The van der Waals surface area contributed by atoms with Crippen LogP contribution in [0.4, 0.5) is 11.4 Å². The number of aromatic nitrogens is 1. The highest BCUT2D eigenvalue weighted by Gasteiger charge is 2.10. The molecule has 0 bridgehead atoms. The second kappa shape index (κ2) is 5.42. The second-order valence-electron chi connectivity index (χ2n) is 4.66. The minimum absolute atomic E-state index is 0.719. The molecule has 0 spiro atoms. The molecule has 2 heterocycles. The number of nitrogen functional groups attached to an aromatic ring is 1. The maximum Gasteiger partial charge on any atom is 0.0951 e. The summed E-state index contributed by atoms with van der Waals surface area (Å²) in [4.78, 5) is 7.92. The quantitative estimate of drug-likeness (QED) is 0.719. The third-order valence-corrected chi connectivity index (χ3v) is 4.89. The molecule has 2 aromatic heterocycles. The molecule has 0 aliphatic carbocycles.